The van der Waals surface area contributed by atoms with Gasteiger partial charge in [-0.2, -0.15) is 0 Å². The first-order chi connectivity index (χ1) is 10.0. The molecule has 110 valence electrons. The first-order valence-corrected chi connectivity index (χ1v) is 6.58. The molecule has 0 aromatic heterocycles. The molecule has 0 saturated heterocycles. The van der Waals surface area contributed by atoms with Crippen molar-refractivity contribution < 1.29 is 14.6 Å². The average molecular weight is 307 g/mol. The molecule has 21 heavy (non-hydrogen) atoms. The molecule has 0 aliphatic carbocycles. The molecule has 0 saturated carbocycles. The second-order valence-corrected chi connectivity index (χ2v) is 4.81. The predicted octanol–water partition coefficient (Wildman–Crippen LogP) is 2.77. The van der Waals surface area contributed by atoms with Gasteiger partial charge >= 0.3 is 0 Å². The number of primary amides is 1. The van der Waals surface area contributed by atoms with Gasteiger partial charge in [-0.1, -0.05) is 11.6 Å². The smallest absolute Gasteiger partial charge is 0.250 e. The van der Waals surface area contributed by atoms with Crippen LogP contribution in [-0.4, -0.2) is 18.1 Å². The van der Waals surface area contributed by atoms with Crippen molar-refractivity contribution in [3.8, 4) is 11.5 Å². The van der Waals surface area contributed by atoms with Gasteiger partial charge < -0.3 is 20.9 Å². The average Bonchev–Trinajstić information content (AvgIpc) is 2.47. The van der Waals surface area contributed by atoms with E-state index in [0.29, 0.717) is 28.6 Å². The molecule has 6 heteroatoms. The maximum absolute atomic E-state index is 11.2. The van der Waals surface area contributed by atoms with Crippen LogP contribution in [0.4, 0.5) is 5.69 Å². The molecule has 0 atom stereocenters. The van der Waals surface area contributed by atoms with E-state index in [9.17, 15) is 9.90 Å². The summed E-state index contributed by atoms with van der Waals surface area (Å²) in [5.74, 6) is 0.126. The van der Waals surface area contributed by atoms with Crippen LogP contribution in [0, 0.1) is 0 Å². The number of carbonyl (C=O) groups is 1. The number of halogens is 1. The van der Waals surface area contributed by atoms with E-state index in [4.69, 9.17) is 22.1 Å². The normalized spacial score (nSPS) is 10.2. The number of benzene rings is 2. The summed E-state index contributed by atoms with van der Waals surface area (Å²) in [5.41, 5.74) is 6.88. The molecule has 0 heterocycles. The van der Waals surface area contributed by atoms with E-state index in [1.165, 1.54) is 13.2 Å². The number of hydrogen-bond acceptors (Lipinski definition) is 4. The van der Waals surface area contributed by atoms with Gasteiger partial charge in [-0.3, -0.25) is 4.79 Å². The molecule has 4 N–H and O–H groups in total. The summed E-state index contributed by atoms with van der Waals surface area (Å²) in [5, 5.41) is 13.3. The lowest BCUT2D eigenvalue weighted by Crippen LogP contribution is -2.12. The first-order valence-electron chi connectivity index (χ1n) is 6.20. The van der Waals surface area contributed by atoms with Crippen molar-refractivity contribution in [3.63, 3.8) is 0 Å². The lowest BCUT2D eigenvalue weighted by atomic mass is 10.1. The number of rotatable bonds is 5. The maximum atomic E-state index is 11.2. The van der Waals surface area contributed by atoms with Gasteiger partial charge in [0.05, 0.1) is 17.7 Å². The molecule has 0 aliphatic heterocycles. The molecule has 5 nitrogen and oxygen atoms in total. The topological polar surface area (TPSA) is 84.6 Å². The van der Waals surface area contributed by atoms with E-state index in [2.05, 4.69) is 5.32 Å². The highest BCUT2D eigenvalue weighted by Crippen LogP contribution is 2.25. The predicted molar refractivity (Wildman–Crippen MR) is 82.0 cm³/mol. The van der Waals surface area contributed by atoms with Crippen molar-refractivity contribution >= 4 is 23.2 Å². The summed E-state index contributed by atoms with van der Waals surface area (Å²) in [6.07, 6.45) is 0. The van der Waals surface area contributed by atoms with Crippen molar-refractivity contribution in [2.75, 3.05) is 12.4 Å². The largest absolute Gasteiger partial charge is 0.507 e. The summed E-state index contributed by atoms with van der Waals surface area (Å²) < 4.78 is 5.02. The number of anilines is 1. The van der Waals surface area contributed by atoms with Gasteiger partial charge in [0.15, 0.2) is 0 Å². The highest BCUT2D eigenvalue weighted by molar-refractivity contribution is 6.33. The minimum atomic E-state index is -0.587. The highest BCUT2D eigenvalue weighted by atomic mass is 35.5. The van der Waals surface area contributed by atoms with Crippen molar-refractivity contribution in [1.82, 2.24) is 0 Å². The number of methoxy groups -OCH3 is 1. The second kappa shape index (κ2) is 6.37. The molecule has 2 aromatic rings. The number of amides is 1. The van der Waals surface area contributed by atoms with E-state index in [0.717, 1.165) is 0 Å². The molecule has 0 bridgehead atoms. The monoisotopic (exact) mass is 306 g/mol. The fraction of sp³-hybridized carbons (Fsp3) is 0.133. The SMILES string of the molecule is COc1ccc(CNc2ccc(Cl)c(C(N)=O)c2)c(O)c1. The Balaban J connectivity index is 2.13. The zero-order valence-corrected chi connectivity index (χ0v) is 12.1. The number of aromatic hydroxyl groups is 1. The molecule has 0 radical (unpaired) electrons. The van der Waals surface area contributed by atoms with Crippen molar-refractivity contribution in [2.24, 2.45) is 5.73 Å². The Morgan fingerprint density at radius 2 is 2.10 bits per heavy atom. The van der Waals surface area contributed by atoms with Gasteiger partial charge in [-0.25, -0.2) is 0 Å². The van der Waals surface area contributed by atoms with Crippen molar-refractivity contribution in [3.05, 3.63) is 52.5 Å². The summed E-state index contributed by atoms with van der Waals surface area (Å²) in [4.78, 5) is 11.2. The number of phenols is 1. The number of ether oxygens (including phenoxy) is 1. The molecule has 0 spiro atoms. The quantitative estimate of drug-likeness (QED) is 0.793. The Labute approximate surface area is 127 Å². The third-order valence-corrected chi connectivity index (χ3v) is 3.34. The van der Waals surface area contributed by atoms with Crippen LogP contribution in [0.15, 0.2) is 36.4 Å². The maximum Gasteiger partial charge on any atom is 0.250 e. The van der Waals surface area contributed by atoms with Crippen LogP contribution in [0.25, 0.3) is 0 Å². The van der Waals surface area contributed by atoms with Crippen LogP contribution in [0.5, 0.6) is 11.5 Å². The minimum Gasteiger partial charge on any atom is -0.507 e. The van der Waals surface area contributed by atoms with Crippen LogP contribution in [0.3, 0.4) is 0 Å². The third kappa shape index (κ3) is 3.58. The lowest BCUT2D eigenvalue weighted by molar-refractivity contribution is 0.100. The van der Waals surface area contributed by atoms with Gasteiger partial charge in [0.2, 0.25) is 5.91 Å². The highest BCUT2D eigenvalue weighted by Gasteiger charge is 2.08. The zero-order chi connectivity index (χ0) is 15.4. The Morgan fingerprint density at radius 3 is 2.71 bits per heavy atom. The first kappa shape index (κ1) is 15.0. The van der Waals surface area contributed by atoms with Crippen LogP contribution < -0.4 is 15.8 Å². The van der Waals surface area contributed by atoms with Gasteiger partial charge in [-0.15, -0.1) is 0 Å². The Bertz CT molecular complexity index is 674. The van der Waals surface area contributed by atoms with Crippen molar-refractivity contribution in [1.29, 1.82) is 0 Å². The zero-order valence-electron chi connectivity index (χ0n) is 11.4. The number of phenolic OH excluding ortho intramolecular Hbond substituents is 1. The molecule has 0 aliphatic rings. The third-order valence-electron chi connectivity index (χ3n) is 3.01. The Kier molecular flexibility index (Phi) is 4.55. The van der Waals surface area contributed by atoms with Gasteiger partial charge in [0.1, 0.15) is 11.5 Å². The fourth-order valence-corrected chi connectivity index (χ4v) is 2.05. The summed E-state index contributed by atoms with van der Waals surface area (Å²) in [7, 11) is 1.53. The molecule has 1 amide bonds. The Hall–Kier alpha value is -2.40. The van der Waals surface area contributed by atoms with Crippen LogP contribution in [-0.2, 0) is 6.54 Å². The van der Waals surface area contributed by atoms with Crippen LogP contribution >= 0.6 is 11.6 Å². The van der Waals surface area contributed by atoms with Crippen LogP contribution in [0.2, 0.25) is 5.02 Å². The van der Waals surface area contributed by atoms with Gasteiger partial charge in [0.25, 0.3) is 0 Å². The minimum absolute atomic E-state index is 0.130. The molecule has 2 rings (SSSR count). The van der Waals surface area contributed by atoms with E-state index in [1.54, 1.807) is 30.3 Å². The van der Waals surface area contributed by atoms with E-state index in [1.807, 2.05) is 0 Å². The number of carbonyl (C=O) groups excluding carboxylic acids is 1. The number of nitrogens with two attached hydrogens (primary N) is 1. The second-order valence-electron chi connectivity index (χ2n) is 4.41. The number of nitrogens with one attached hydrogen (secondary N) is 1. The molecule has 0 unspecified atom stereocenters. The van der Waals surface area contributed by atoms with Crippen LogP contribution in [0.1, 0.15) is 15.9 Å². The summed E-state index contributed by atoms with van der Waals surface area (Å²) in [6, 6.07) is 9.95. The standard InChI is InChI=1S/C15H15ClN2O3/c1-21-11-4-2-9(14(19)7-11)8-18-10-3-5-13(16)12(6-10)15(17)20/h2-7,18-19H,8H2,1H3,(H2,17,20). The molecular weight excluding hydrogens is 292 g/mol. The fourth-order valence-electron chi connectivity index (χ4n) is 1.84. The Morgan fingerprint density at radius 1 is 1.33 bits per heavy atom. The number of hydrogen-bond donors (Lipinski definition) is 3. The van der Waals surface area contributed by atoms with Crippen molar-refractivity contribution in [2.45, 2.75) is 6.54 Å². The van der Waals surface area contributed by atoms with Gasteiger partial charge in [-0.05, 0) is 30.3 Å². The molecular formula is C15H15ClN2O3. The van der Waals surface area contributed by atoms with Gasteiger partial charge in [0, 0.05) is 23.9 Å². The summed E-state index contributed by atoms with van der Waals surface area (Å²) in [6.45, 7) is 0.385. The molecule has 0 fully saturated rings. The molecule has 2 aromatic carbocycles. The lowest BCUT2D eigenvalue weighted by Gasteiger charge is -2.10. The van der Waals surface area contributed by atoms with E-state index < -0.39 is 5.91 Å². The van der Waals surface area contributed by atoms with E-state index >= 15 is 0 Å². The van der Waals surface area contributed by atoms with E-state index in [-0.39, 0.29) is 11.3 Å². The summed E-state index contributed by atoms with van der Waals surface area (Å²) >= 11 is 5.88.